The standard InChI is InChI=1S/C31H39NO4/c1-4-5-6-7-18-32-19-20-35-26-15-10-23(11-16-26)30-29(22-8-12-24(33)13-9-22)31(2,3)27-17-14-25(34)21-28(27)36-30/h8-17,21,29-30,32-34H,4-7,18-20H2,1-3H3. The molecule has 4 rings (SSSR count). The Kier molecular flexibility index (Phi) is 8.42. The zero-order valence-corrected chi connectivity index (χ0v) is 21.7. The van der Waals surface area contributed by atoms with E-state index in [1.807, 2.05) is 30.3 Å². The fourth-order valence-electron chi connectivity index (χ4n) is 5.22. The van der Waals surface area contributed by atoms with Crippen LogP contribution in [0.2, 0.25) is 0 Å². The van der Waals surface area contributed by atoms with Gasteiger partial charge in [0.15, 0.2) is 0 Å². The smallest absolute Gasteiger partial charge is 0.131 e. The van der Waals surface area contributed by atoms with E-state index >= 15 is 0 Å². The lowest BCUT2D eigenvalue weighted by molar-refractivity contribution is 0.104. The molecular weight excluding hydrogens is 450 g/mol. The van der Waals surface area contributed by atoms with Crippen molar-refractivity contribution in [2.75, 3.05) is 19.7 Å². The molecule has 0 saturated heterocycles. The summed E-state index contributed by atoms with van der Waals surface area (Å²) in [5.74, 6) is 1.96. The number of rotatable bonds is 11. The van der Waals surface area contributed by atoms with Crippen molar-refractivity contribution in [1.82, 2.24) is 5.32 Å². The Morgan fingerprint density at radius 1 is 0.833 bits per heavy atom. The number of phenolic OH excluding ortho intramolecular Hbond substituents is 2. The molecule has 0 spiro atoms. The molecule has 0 amide bonds. The number of aromatic hydroxyl groups is 2. The summed E-state index contributed by atoms with van der Waals surface area (Å²) in [6, 6.07) is 20.9. The maximum absolute atomic E-state index is 10.1. The SMILES string of the molecule is CCCCCCNCCOc1ccc(C2Oc3cc(O)ccc3C(C)(C)C2c2ccc(O)cc2)cc1. The number of hydrogen-bond acceptors (Lipinski definition) is 5. The van der Waals surface area contributed by atoms with E-state index in [9.17, 15) is 10.2 Å². The van der Waals surface area contributed by atoms with E-state index in [1.54, 1.807) is 24.3 Å². The summed E-state index contributed by atoms with van der Waals surface area (Å²) < 4.78 is 12.5. The van der Waals surface area contributed by atoms with Crippen molar-refractivity contribution in [2.45, 2.75) is 63.9 Å². The third-order valence-electron chi connectivity index (χ3n) is 7.21. The van der Waals surface area contributed by atoms with E-state index in [2.05, 4.69) is 38.2 Å². The highest BCUT2D eigenvalue weighted by molar-refractivity contribution is 5.50. The first-order chi connectivity index (χ1) is 17.4. The van der Waals surface area contributed by atoms with Crippen LogP contribution < -0.4 is 14.8 Å². The molecular formula is C31H39NO4. The molecule has 5 heteroatoms. The van der Waals surface area contributed by atoms with Crippen LogP contribution in [0.25, 0.3) is 0 Å². The van der Waals surface area contributed by atoms with Gasteiger partial charge in [0.05, 0.1) is 0 Å². The summed E-state index contributed by atoms with van der Waals surface area (Å²) in [4.78, 5) is 0. The fourth-order valence-corrected chi connectivity index (χ4v) is 5.22. The molecule has 0 bridgehead atoms. The summed E-state index contributed by atoms with van der Waals surface area (Å²) in [5.41, 5.74) is 2.90. The zero-order chi connectivity index (χ0) is 25.5. The lowest BCUT2D eigenvalue weighted by Crippen LogP contribution is -2.38. The average Bonchev–Trinajstić information content (AvgIpc) is 2.86. The van der Waals surface area contributed by atoms with Crippen molar-refractivity contribution in [2.24, 2.45) is 0 Å². The van der Waals surface area contributed by atoms with Crippen LogP contribution in [-0.4, -0.2) is 29.9 Å². The summed E-state index contributed by atoms with van der Waals surface area (Å²) in [6.07, 6.45) is 4.78. The van der Waals surface area contributed by atoms with Crippen molar-refractivity contribution >= 4 is 0 Å². The number of hydrogen-bond donors (Lipinski definition) is 3. The van der Waals surface area contributed by atoms with Gasteiger partial charge in [-0.2, -0.15) is 0 Å². The number of benzene rings is 3. The first kappa shape index (κ1) is 25.9. The second-order valence-electron chi connectivity index (χ2n) is 10.2. The molecule has 1 heterocycles. The summed E-state index contributed by atoms with van der Waals surface area (Å²) >= 11 is 0. The molecule has 3 aromatic carbocycles. The normalized spacial score (nSPS) is 18.3. The summed E-state index contributed by atoms with van der Waals surface area (Å²) in [7, 11) is 0. The highest BCUT2D eigenvalue weighted by Gasteiger charge is 2.45. The van der Waals surface area contributed by atoms with Gasteiger partial charge in [-0.3, -0.25) is 0 Å². The third kappa shape index (κ3) is 5.96. The molecule has 36 heavy (non-hydrogen) atoms. The van der Waals surface area contributed by atoms with Gasteiger partial charge < -0.3 is 25.0 Å². The largest absolute Gasteiger partial charge is 0.508 e. The summed E-state index contributed by atoms with van der Waals surface area (Å²) in [5, 5.41) is 23.4. The number of ether oxygens (including phenoxy) is 2. The topological polar surface area (TPSA) is 71.0 Å². The van der Waals surface area contributed by atoms with Gasteiger partial charge >= 0.3 is 0 Å². The van der Waals surface area contributed by atoms with Gasteiger partial charge in [0.2, 0.25) is 0 Å². The van der Waals surface area contributed by atoms with Crippen molar-refractivity contribution in [3.05, 3.63) is 83.4 Å². The minimum Gasteiger partial charge on any atom is -0.508 e. The molecule has 1 aliphatic heterocycles. The van der Waals surface area contributed by atoms with E-state index < -0.39 is 0 Å². The number of unbranched alkanes of at least 4 members (excludes halogenated alkanes) is 3. The van der Waals surface area contributed by atoms with Crippen LogP contribution in [0.4, 0.5) is 0 Å². The fraction of sp³-hybridized carbons (Fsp3) is 0.419. The number of nitrogens with one attached hydrogen (secondary N) is 1. The van der Waals surface area contributed by atoms with Crippen LogP contribution in [-0.2, 0) is 5.41 Å². The van der Waals surface area contributed by atoms with Crippen molar-refractivity contribution in [1.29, 1.82) is 0 Å². The molecule has 1 aliphatic rings. The second-order valence-corrected chi connectivity index (χ2v) is 10.2. The Hall–Kier alpha value is -3.18. The van der Waals surface area contributed by atoms with Gasteiger partial charge in [-0.05, 0) is 54.4 Å². The monoisotopic (exact) mass is 489 g/mol. The van der Waals surface area contributed by atoms with Crippen LogP contribution in [0.15, 0.2) is 66.7 Å². The van der Waals surface area contributed by atoms with Crippen molar-refractivity contribution < 1.29 is 19.7 Å². The Morgan fingerprint density at radius 3 is 2.25 bits per heavy atom. The van der Waals surface area contributed by atoms with Gasteiger partial charge in [-0.25, -0.2) is 0 Å². The van der Waals surface area contributed by atoms with E-state index in [0.29, 0.717) is 12.4 Å². The second kappa shape index (κ2) is 11.7. The maximum atomic E-state index is 10.1. The van der Waals surface area contributed by atoms with Gasteiger partial charge in [0, 0.05) is 29.5 Å². The third-order valence-corrected chi connectivity index (χ3v) is 7.21. The lowest BCUT2D eigenvalue weighted by Gasteiger charge is -2.45. The molecule has 0 radical (unpaired) electrons. The van der Waals surface area contributed by atoms with Crippen LogP contribution in [0, 0.1) is 0 Å². The summed E-state index contributed by atoms with van der Waals surface area (Å²) in [6.45, 7) is 9.14. The Morgan fingerprint density at radius 2 is 1.53 bits per heavy atom. The molecule has 3 aromatic rings. The van der Waals surface area contributed by atoms with Crippen LogP contribution in [0.3, 0.4) is 0 Å². The molecule has 0 fully saturated rings. The highest BCUT2D eigenvalue weighted by atomic mass is 16.5. The highest BCUT2D eigenvalue weighted by Crippen LogP contribution is 2.55. The predicted molar refractivity (Wildman–Crippen MR) is 144 cm³/mol. The van der Waals surface area contributed by atoms with E-state index in [0.717, 1.165) is 35.5 Å². The molecule has 192 valence electrons. The zero-order valence-electron chi connectivity index (χ0n) is 21.7. The molecule has 2 atom stereocenters. The lowest BCUT2D eigenvalue weighted by atomic mass is 9.65. The van der Waals surface area contributed by atoms with Crippen LogP contribution >= 0.6 is 0 Å². The van der Waals surface area contributed by atoms with E-state index in [4.69, 9.17) is 9.47 Å². The van der Waals surface area contributed by atoms with Crippen molar-refractivity contribution in [3.63, 3.8) is 0 Å². The maximum Gasteiger partial charge on any atom is 0.131 e. The first-order valence-electron chi connectivity index (χ1n) is 13.1. The Balaban J connectivity index is 1.50. The number of phenols is 2. The first-order valence-corrected chi connectivity index (χ1v) is 13.1. The Labute approximate surface area is 215 Å². The molecule has 0 aliphatic carbocycles. The number of fused-ring (bicyclic) bond motifs is 1. The molecule has 2 unspecified atom stereocenters. The Bertz CT molecular complexity index is 1110. The molecule has 3 N–H and O–H groups in total. The van der Waals surface area contributed by atoms with Crippen LogP contribution in [0.1, 0.15) is 75.2 Å². The van der Waals surface area contributed by atoms with Crippen LogP contribution in [0.5, 0.6) is 23.0 Å². The molecule has 0 aromatic heterocycles. The van der Waals surface area contributed by atoms with E-state index in [1.165, 1.54) is 25.7 Å². The molecule has 5 nitrogen and oxygen atoms in total. The predicted octanol–water partition coefficient (Wildman–Crippen LogP) is 6.84. The van der Waals surface area contributed by atoms with Gasteiger partial charge in [0.25, 0.3) is 0 Å². The average molecular weight is 490 g/mol. The minimum absolute atomic E-state index is 0.00109. The van der Waals surface area contributed by atoms with Gasteiger partial charge in [-0.1, -0.05) is 70.4 Å². The molecule has 0 saturated carbocycles. The van der Waals surface area contributed by atoms with E-state index in [-0.39, 0.29) is 28.9 Å². The quantitative estimate of drug-likeness (QED) is 0.257. The van der Waals surface area contributed by atoms with Gasteiger partial charge in [-0.15, -0.1) is 0 Å². The van der Waals surface area contributed by atoms with Crippen molar-refractivity contribution in [3.8, 4) is 23.0 Å². The van der Waals surface area contributed by atoms with Gasteiger partial charge in [0.1, 0.15) is 35.7 Å². The minimum atomic E-state index is -0.277.